The molecule has 1 aliphatic carbocycles. The van der Waals surface area contributed by atoms with Crippen molar-refractivity contribution in [2.75, 3.05) is 5.73 Å². The standard InChI is InChI=1S/C31H24N2O/c1-3-10-22(4-2)33-26-14-9-8-13-24(26)30-27(33)18-15-21-19-28(30)34-31-23(21)16-17-25(32)29(31)20-11-6-5-7-12-20/h3-18H,1-2,19,32H2/b22-10+. The van der Waals surface area contributed by atoms with Crippen LogP contribution in [-0.4, -0.2) is 4.57 Å². The second-order valence-electron chi connectivity index (χ2n) is 8.48. The van der Waals surface area contributed by atoms with Crippen molar-refractivity contribution in [1.29, 1.82) is 0 Å². The summed E-state index contributed by atoms with van der Waals surface area (Å²) in [5, 5.41) is 3.32. The van der Waals surface area contributed by atoms with Gasteiger partial charge in [-0.25, -0.2) is 0 Å². The van der Waals surface area contributed by atoms with Gasteiger partial charge in [0.05, 0.1) is 10.9 Å². The second-order valence-corrected chi connectivity index (χ2v) is 8.48. The van der Waals surface area contributed by atoms with Crippen molar-refractivity contribution in [1.82, 2.24) is 4.57 Å². The van der Waals surface area contributed by atoms with Crippen molar-refractivity contribution in [2.45, 2.75) is 6.42 Å². The summed E-state index contributed by atoms with van der Waals surface area (Å²) >= 11 is 0. The van der Waals surface area contributed by atoms with Crippen LogP contribution in [0.15, 0.2) is 104 Å². The number of para-hydroxylation sites is 1. The molecule has 3 heteroatoms. The Morgan fingerprint density at radius 2 is 1.74 bits per heavy atom. The van der Waals surface area contributed by atoms with Crippen molar-refractivity contribution in [3.8, 4) is 16.9 Å². The summed E-state index contributed by atoms with van der Waals surface area (Å²) in [6, 6.07) is 22.7. The molecule has 0 saturated heterocycles. The number of nitrogens with zero attached hydrogens (tertiary/aromatic N) is 1. The van der Waals surface area contributed by atoms with Crippen molar-refractivity contribution in [3.05, 3.63) is 120 Å². The average Bonchev–Trinajstić information content (AvgIpc) is 3.11. The fraction of sp³-hybridized carbons (Fsp3) is 0.0323. The highest BCUT2D eigenvalue weighted by molar-refractivity contribution is 5.96. The number of nitrogen functional groups attached to an aromatic ring is 1. The number of anilines is 1. The molecule has 0 unspecified atom stereocenters. The smallest absolute Gasteiger partial charge is 0.144 e. The number of hydrogen-bond acceptors (Lipinski definition) is 2. The molecule has 164 valence electrons. The summed E-state index contributed by atoms with van der Waals surface area (Å²) in [6.07, 6.45) is 10.8. The molecule has 6 rings (SSSR count). The van der Waals surface area contributed by atoms with Gasteiger partial charge < -0.3 is 15.0 Å². The second kappa shape index (κ2) is 7.82. The van der Waals surface area contributed by atoms with Gasteiger partial charge in [-0.3, -0.25) is 0 Å². The predicted octanol–water partition coefficient (Wildman–Crippen LogP) is 5.87. The summed E-state index contributed by atoms with van der Waals surface area (Å²) in [5.41, 5.74) is 13.6. The van der Waals surface area contributed by atoms with Gasteiger partial charge in [0.15, 0.2) is 0 Å². The van der Waals surface area contributed by atoms with Gasteiger partial charge in [0.2, 0.25) is 0 Å². The molecule has 1 aromatic heterocycles. The molecule has 4 aromatic rings. The Morgan fingerprint density at radius 3 is 2.53 bits per heavy atom. The van der Waals surface area contributed by atoms with E-state index >= 15 is 0 Å². The van der Waals surface area contributed by atoms with E-state index in [1.165, 1.54) is 5.57 Å². The first-order valence-corrected chi connectivity index (χ1v) is 11.4. The summed E-state index contributed by atoms with van der Waals surface area (Å²) in [7, 11) is 0. The van der Waals surface area contributed by atoms with Crippen LogP contribution in [0.4, 0.5) is 5.69 Å². The lowest BCUT2D eigenvalue weighted by Gasteiger charge is -2.25. The number of aromatic nitrogens is 1. The molecule has 3 aromatic carbocycles. The van der Waals surface area contributed by atoms with E-state index < -0.39 is 0 Å². The van der Waals surface area contributed by atoms with Crippen LogP contribution >= 0.6 is 0 Å². The molecule has 0 fully saturated rings. The maximum absolute atomic E-state index is 6.77. The van der Waals surface area contributed by atoms with Crippen LogP contribution in [0.5, 0.6) is 5.75 Å². The molecule has 2 bridgehead atoms. The first-order chi connectivity index (χ1) is 16.7. The van der Waals surface area contributed by atoms with Crippen LogP contribution < -0.4 is 21.0 Å². The lowest BCUT2D eigenvalue weighted by atomic mass is 9.91. The summed E-state index contributed by atoms with van der Waals surface area (Å²) in [4.78, 5) is 0. The number of nitrogens with two attached hydrogens (primary N) is 1. The van der Waals surface area contributed by atoms with Crippen LogP contribution in [0.2, 0.25) is 0 Å². The van der Waals surface area contributed by atoms with Crippen LogP contribution in [0.25, 0.3) is 45.1 Å². The van der Waals surface area contributed by atoms with E-state index in [0.29, 0.717) is 5.69 Å². The van der Waals surface area contributed by atoms with E-state index in [-0.39, 0.29) is 0 Å². The van der Waals surface area contributed by atoms with E-state index in [4.69, 9.17) is 10.5 Å². The zero-order valence-corrected chi connectivity index (χ0v) is 18.8. The minimum atomic E-state index is 0.708. The molecule has 3 nitrogen and oxygen atoms in total. The van der Waals surface area contributed by atoms with Crippen LogP contribution in [0.3, 0.4) is 0 Å². The zero-order chi connectivity index (χ0) is 23.2. The molecule has 0 amide bonds. The molecule has 0 spiro atoms. The van der Waals surface area contributed by atoms with Gasteiger partial charge in [-0.1, -0.05) is 73.8 Å². The van der Waals surface area contributed by atoms with E-state index in [0.717, 1.165) is 61.8 Å². The fourth-order valence-corrected chi connectivity index (χ4v) is 5.10. The molecule has 2 aliphatic rings. The van der Waals surface area contributed by atoms with Gasteiger partial charge in [-0.2, -0.15) is 0 Å². The van der Waals surface area contributed by atoms with E-state index in [1.54, 1.807) is 6.08 Å². The largest absolute Gasteiger partial charge is 0.459 e. The molecule has 0 radical (unpaired) electrons. The molecular weight excluding hydrogens is 416 g/mol. The van der Waals surface area contributed by atoms with Gasteiger partial charge in [-0.15, -0.1) is 0 Å². The maximum Gasteiger partial charge on any atom is 0.144 e. The number of allylic oxidation sites excluding steroid dienone is 5. The summed E-state index contributed by atoms with van der Waals surface area (Å²) in [6.45, 7) is 7.94. The lowest BCUT2D eigenvalue weighted by Crippen LogP contribution is -2.31. The van der Waals surface area contributed by atoms with Crippen molar-refractivity contribution in [2.24, 2.45) is 0 Å². The molecule has 34 heavy (non-hydrogen) atoms. The third kappa shape index (κ3) is 2.91. The minimum absolute atomic E-state index is 0.708. The first-order valence-electron chi connectivity index (χ1n) is 11.4. The number of fused-ring (bicyclic) bond motifs is 7. The number of ether oxygens (including phenoxy) is 1. The molecule has 1 aliphatic heterocycles. The monoisotopic (exact) mass is 440 g/mol. The van der Waals surface area contributed by atoms with E-state index in [9.17, 15) is 0 Å². The van der Waals surface area contributed by atoms with E-state index in [1.807, 2.05) is 36.4 Å². The Labute approximate surface area is 198 Å². The average molecular weight is 441 g/mol. The number of rotatable bonds is 4. The summed E-state index contributed by atoms with van der Waals surface area (Å²) < 4.78 is 8.99. The van der Waals surface area contributed by atoms with Crippen LogP contribution in [0, 0.1) is 0 Å². The molecule has 0 atom stereocenters. The minimum Gasteiger partial charge on any atom is -0.459 e. The number of hydrogen-bond donors (Lipinski definition) is 1. The van der Waals surface area contributed by atoms with Gasteiger partial charge in [-0.05, 0) is 47.6 Å². The lowest BCUT2D eigenvalue weighted by molar-refractivity contribution is 0.487. The van der Waals surface area contributed by atoms with Crippen molar-refractivity contribution >= 4 is 39.7 Å². The predicted molar refractivity (Wildman–Crippen MR) is 143 cm³/mol. The normalized spacial score (nSPS) is 14.3. The molecule has 2 N–H and O–H groups in total. The third-order valence-electron chi connectivity index (χ3n) is 6.56. The van der Waals surface area contributed by atoms with Gasteiger partial charge in [0.1, 0.15) is 11.5 Å². The Bertz CT molecular complexity index is 1680. The van der Waals surface area contributed by atoms with Gasteiger partial charge in [0, 0.05) is 39.5 Å². The fourth-order valence-electron chi connectivity index (χ4n) is 5.10. The van der Waals surface area contributed by atoms with Gasteiger partial charge >= 0.3 is 0 Å². The maximum atomic E-state index is 6.77. The highest BCUT2D eigenvalue weighted by Gasteiger charge is 2.27. The van der Waals surface area contributed by atoms with Crippen molar-refractivity contribution in [3.63, 3.8) is 0 Å². The Kier molecular flexibility index (Phi) is 4.63. The first kappa shape index (κ1) is 20.1. The van der Waals surface area contributed by atoms with E-state index in [2.05, 4.69) is 72.3 Å². The summed E-state index contributed by atoms with van der Waals surface area (Å²) in [5.74, 6) is 1.75. The molecular formula is C31H24N2O. The van der Waals surface area contributed by atoms with Gasteiger partial charge in [0.25, 0.3) is 0 Å². The number of benzene rings is 3. The Balaban J connectivity index is 1.72. The zero-order valence-electron chi connectivity index (χ0n) is 18.8. The quantitative estimate of drug-likeness (QED) is 0.318. The molecule has 2 heterocycles. The Hall–Kier alpha value is -4.50. The Morgan fingerprint density at radius 1 is 0.941 bits per heavy atom. The highest BCUT2D eigenvalue weighted by atomic mass is 16.5. The van der Waals surface area contributed by atoms with Crippen molar-refractivity contribution < 1.29 is 4.74 Å². The van der Waals surface area contributed by atoms with Crippen LogP contribution in [-0.2, 0) is 0 Å². The third-order valence-corrected chi connectivity index (χ3v) is 6.56. The highest BCUT2D eigenvalue weighted by Crippen LogP contribution is 2.46. The van der Waals surface area contributed by atoms with Crippen LogP contribution in [0.1, 0.15) is 12.0 Å². The SMILES string of the molecule is C=C/C=C(\C=C)n1c2c(c3ccccc31)=C1CC(=CC=2)c2ccc(N)c(-c3ccccc3)c2O1. The topological polar surface area (TPSA) is 40.2 Å². The molecule has 0 saturated carbocycles.